The summed E-state index contributed by atoms with van der Waals surface area (Å²) in [6, 6.07) is 0. The van der Waals surface area contributed by atoms with Gasteiger partial charge in [-0.2, -0.15) is 0 Å². The summed E-state index contributed by atoms with van der Waals surface area (Å²) in [4.78, 5) is 0. The summed E-state index contributed by atoms with van der Waals surface area (Å²) >= 11 is 0. The smallest absolute Gasteiger partial charge is 0.748 e. The molecule has 164 valence electrons. The van der Waals surface area contributed by atoms with Crippen LogP contribution in [0, 0.1) is 0 Å². The predicted molar refractivity (Wildman–Crippen MR) is 114 cm³/mol. The van der Waals surface area contributed by atoms with E-state index in [1.54, 1.807) is 0 Å². The molecule has 0 aliphatic heterocycles. The van der Waals surface area contributed by atoms with Crippen LogP contribution in [0.2, 0.25) is 0 Å². The monoisotopic (exact) mass is 428 g/mol. The van der Waals surface area contributed by atoms with Crippen molar-refractivity contribution in [3.8, 4) is 0 Å². The fourth-order valence-electron chi connectivity index (χ4n) is 3.50. The quantitative estimate of drug-likeness (QED) is 0.183. The summed E-state index contributed by atoms with van der Waals surface area (Å²) in [5, 5.41) is 9.27. The molecule has 0 fully saturated rings. The third-order valence-electron chi connectivity index (χ3n) is 5.53. The molecule has 2 atom stereocenters. The minimum absolute atomic E-state index is 0. The van der Waals surface area contributed by atoms with Gasteiger partial charge in [0.15, 0.2) is 0 Å². The number of rotatable bonds is 20. The van der Waals surface area contributed by atoms with Crippen molar-refractivity contribution in [3.63, 3.8) is 0 Å². The zero-order valence-electron chi connectivity index (χ0n) is 19.0. The molecule has 0 saturated heterocycles. The van der Waals surface area contributed by atoms with Crippen molar-refractivity contribution in [2.45, 2.75) is 141 Å². The largest absolute Gasteiger partial charge is 1.00 e. The molecule has 0 aromatic carbocycles. The average Bonchev–Trinajstić information content (AvgIpc) is 2.61. The summed E-state index contributed by atoms with van der Waals surface area (Å²) in [7, 11) is -4.12. The molecule has 0 aromatic heterocycles. The molecule has 0 bridgehead atoms. The van der Waals surface area contributed by atoms with Crippen LogP contribution < -0.4 is 29.6 Å². The summed E-state index contributed by atoms with van der Waals surface area (Å²) in [5.41, 5.74) is 0. The SMILES string of the molecule is CCCCCCCCCCCCC(O)CCCCCCCC(C)S(=O)(=O)[O-].[Na+]. The van der Waals surface area contributed by atoms with Crippen LogP contribution in [0.1, 0.15) is 129 Å². The van der Waals surface area contributed by atoms with E-state index in [0.29, 0.717) is 6.42 Å². The maximum absolute atomic E-state index is 10.8. The van der Waals surface area contributed by atoms with Crippen LogP contribution in [-0.4, -0.2) is 29.4 Å². The molecule has 0 rings (SSSR count). The van der Waals surface area contributed by atoms with Gasteiger partial charge in [-0.1, -0.05) is 103 Å². The Morgan fingerprint density at radius 2 is 1.00 bits per heavy atom. The van der Waals surface area contributed by atoms with E-state index in [-0.39, 0.29) is 35.7 Å². The van der Waals surface area contributed by atoms with Gasteiger partial charge in [0.1, 0.15) is 0 Å². The number of unbranched alkanes of at least 4 members (excludes halogenated alkanes) is 13. The Morgan fingerprint density at radius 1 is 0.679 bits per heavy atom. The summed E-state index contributed by atoms with van der Waals surface area (Å²) in [6.45, 7) is 3.75. The van der Waals surface area contributed by atoms with Crippen LogP contribution >= 0.6 is 0 Å². The molecule has 0 saturated carbocycles. The van der Waals surface area contributed by atoms with E-state index in [9.17, 15) is 18.1 Å². The van der Waals surface area contributed by atoms with Crippen molar-refractivity contribution in [3.05, 3.63) is 0 Å². The molecule has 2 unspecified atom stereocenters. The van der Waals surface area contributed by atoms with Crippen molar-refractivity contribution < 1.29 is 47.6 Å². The summed E-state index contributed by atoms with van der Waals surface area (Å²) in [6.07, 6.45) is 20.3. The van der Waals surface area contributed by atoms with E-state index in [1.807, 2.05) is 0 Å². The molecular formula is C22H45NaO4S. The fraction of sp³-hybridized carbons (Fsp3) is 1.00. The van der Waals surface area contributed by atoms with Crippen LogP contribution in [0.25, 0.3) is 0 Å². The minimum atomic E-state index is -4.12. The second-order valence-electron chi connectivity index (χ2n) is 8.27. The van der Waals surface area contributed by atoms with E-state index in [2.05, 4.69) is 6.92 Å². The first-order chi connectivity index (χ1) is 12.9. The number of aliphatic hydroxyl groups is 1. The fourth-order valence-corrected chi connectivity index (χ4v) is 3.95. The Kier molecular flexibility index (Phi) is 23.4. The van der Waals surface area contributed by atoms with Gasteiger partial charge in [-0.05, 0) is 26.2 Å². The van der Waals surface area contributed by atoms with E-state index in [4.69, 9.17) is 0 Å². The topological polar surface area (TPSA) is 77.4 Å². The van der Waals surface area contributed by atoms with Gasteiger partial charge in [0, 0.05) is 5.25 Å². The van der Waals surface area contributed by atoms with Gasteiger partial charge in [0.05, 0.1) is 16.2 Å². The first kappa shape index (κ1) is 31.1. The zero-order valence-corrected chi connectivity index (χ0v) is 21.8. The molecule has 0 aliphatic carbocycles. The zero-order chi connectivity index (χ0) is 20.4. The van der Waals surface area contributed by atoms with Crippen LogP contribution in [-0.2, 0) is 10.1 Å². The number of hydrogen-bond acceptors (Lipinski definition) is 4. The third-order valence-corrected chi connectivity index (χ3v) is 6.75. The van der Waals surface area contributed by atoms with E-state index in [1.165, 1.54) is 64.7 Å². The molecular weight excluding hydrogens is 383 g/mol. The number of aliphatic hydroxyl groups excluding tert-OH is 1. The second kappa shape index (κ2) is 21.1. The Hall–Kier alpha value is 0.870. The van der Waals surface area contributed by atoms with Gasteiger partial charge in [-0.25, -0.2) is 8.42 Å². The van der Waals surface area contributed by atoms with Crippen LogP contribution in [0.5, 0.6) is 0 Å². The molecule has 6 heteroatoms. The van der Waals surface area contributed by atoms with Gasteiger partial charge in [0.25, 0.3) is 0 Å². The summed E-state index contributed by atoms with van der Waals surface area (Å²) < 4.78 is 32.4. The number of hydrogen-bond donors (Lipinski definition) is 1. The van der Waals surface area contributed by atoms with Gasteiger partial charge < -0.3 is 9.66 Å². The molecule has 1 N–H and O–H groups in total. The van der Waals surface area contributed by atoms with E-state index < -0.39 is 15.4 Å². The molecule has 0 spiro atoms. The van der Waals surface area contributed by atoms with Crippen molar-refractivity contribution >= 4 is 10.1 Å². The standard InChI is InChI=1S/C22H46O4S.Na/c1-3-4-5-6-7-8-9-10-13-16-19-22(23)20-17-14-11-12-15-18-21(2)27(24,25)26;/h21-23H,3-20H2,1-2H3,(H,24,25,26);/q;+1/p-1. The van der Waals surface area contributed by atoms with Crippen molar-refractivity contribution in [2.24, 2.45) is 0 Å². The third kappa shape index (κ3) is 21.6. The van der Waals surface area contributed by atoms with E-state index >= 15 is 0 Å². The maximum Gasteiger partial charge on any atom is 1.00 e. The van der Waals surface area contributed by atoms with E-state index in [0.717, 1.165) is 51.4 Å². The second-order valence-corrected chi connectivity index (χ2v) is 10.1. The molecule has 28 heavy (non-hydrogen) atoms. The average molecular weight is 429 g/mol. The summed E-state index contributed by atoms with van der Waals surface area (Å²) in [5.74, 6) is 0. The molecule has 0 amide bonds. The molecule has 0 aliphatic rings. The Morgan fingerprint density at radius 3 is 1.36 bits per heavy atom. The molecule has 0 heterocycles. The van der Waals surface area contributed by atoms with Gasteiger partial charge in [0.2, 0.25) is 0 Å². The normalized spacial score (nSPS) is 13.9. The predicted octanol–water partition coefficient (Wildman–Crippen LogP) is 3.33. The molecule has 0 radical (unpaired) electrons. The minimum Gasteiger partial charge on any atom is -0.748 e. The van der Waals surface area contributed by atoms with Crippen LogP contribution in [0.4, 0.5) is 0 Å². The first-order valence-electron chi connectivity index (χ1n) is 11.5. The first-order valence-corrected chi connectivity index (χ1v) is 13.0. The Balaban J connectivity index is 0. The molecule has 0 aromatic rings. The van der Waals surface area contributed by atoms with Crippen molar-refractivity contribution in [2.75, 3.05) is 0 Å². The van der Waals surface area contributed by atoms with Crippen LogP contribution in [0.3, 0.4) is 0 Å². The van der Waals surface area contributed by atoms with Crippen molar-refractivity contribution in [1.82, 2.24) is 0 Å². The van der Waals surface area contributed by atoms with Crippen LogP contribution in [0.15, 0.2) is 0 Å². The maximum atomic E-state index is 10.8. The molecule has 4 nitrogen and oxygen atoms in total. The van der Waals surface area contributed by atoms with Gasteiger partial charge in [-0.15, -0.1) is 0 Å². The van der Waals surface area contributed by atoms with Gasteiger partial charge in [-0.3, -0.25) is 0 Å². The Bertz CT molecular complexity index is 415. The van der Waals surface area contributed by atoms with Gasteiger partial charge >= 0.3 is 29.6 Å². The Labute approximate surface area is 197 Å². The van der Waals surface area contributed by atoms with Crippen molar-refractivity contribution in [1.29, 1.82) is 0 Å².